The first-order valence-corrected chi connectivity index (χ1v) is 5.19. The van der Waals surface area contributed by atoms with Gasteiger partial charge in [0, 0.05) is 18.1 Å². The number of carbonyl (C=O) groups is 1. The molecule has 0 aliphatic rings. The summed E-state index contributed by atoms with van der Waals surface area (Å²) in [5.41, 5.74) is 0.806. The van der Waals surface area contributed by atoms with Crippen molar-refractivity contribution in [2.24, 2.45) is 0 Å². The Hall–Kier alpha value is -2.24. The smallest absolute Gasteiger partial charge is 0.303 e. The molecule has 94 valence electrons. The predicted molar refractivity (Wildman–Crippen MR) is 57.8 cm³/mol. The normalized spacial score (nSPS) is 10.6. The third-order valence-electron chi connectivity index (χ3n) is 2.36. The predicted octanol–water partition coefficient (Wildman–Crippen LogP) is 2.64. The fourth-order valence-electron chi connectivity index (χ4n) is 1.45. The van der Waals surface area contributed by atoms with E-state index in [9.17, 15) is 13.6 Å². The molecule has 0 amide bonds. The van der Waals surface area contributed by atoms with Crippen LogP contribution in [0.5, 0.6) is 0 Å². The van der Waals surface area contributed by atoms with Crippen LogP contribution in [0, 0.1) is 11.6 Å². The highest BCUT2D eigenvalue weighted by Gasteiger charge is 2.10. The molecule has 2 aromatic rings. The first-order chi connectivity index (χ1) is 8.56. The Balaban J connectivity index is 2.18. The number of carboxylic acids is 1. The highest BCUT2D eigenvalue weighted by molar-refractivity contribution is 5.67. The van der Waals surface area contributed by atoms with Crippen LogP contribution in [0.4, 0.5) is 8.78 Å². The zero-order valence-corrected chi connectivity index (χ0v) is 9.19. The second kappa shape index (κ2) is 4.95. The van der Waals surface area contributed by atoms with Gasteiger partial charge in [-0.05, 0) is 18.2 Å². The monoisotopic (exact) mass is 253 g/mol. The Kier molecular flexibility index (Phi) is 3.36. The molecule has 0 fully saturated rings. The van der Waals surface area contributed by atoms with Gasteiger partial charge in [0.15, 0.2) is 17.4 Å². The molecule has 0 radical (unpaired) electrons. The van der Waals surface area contributed by atoms with Gasteiger partial charge in [0.2, 0.25) is 0 Å². The van der Waals surface area contributed by atoms with Gasteiger partial charge in [0.1, 0.15) is 0 Å². The van der Waals surface area contributed by atoms with Gasteiger partial charge in [0.25, 0.3) is 0 Å². The molecule has 6 heteroatoms. The molecule has 0 aliphatic carbocycles. The molecule has 1 aromatic carbocycles. The van der Waals surface area contributed by atoms with Gasteiger partial charge in [-0.2, -0.15) is 0 Å². The summed E-state index contributed by atoms with van der Waals surface area (Å²) in [5, 5.41) is 12.2. The quantitative estimate of drug-likeness (QED) is 0.909. The maximum atomic E-state index is 13.0. The third-order valence-corrected chi connectivity index (χ3v) is 2.36. The number of halogens is 2. The second-order valence-corrected chi connectivity index (χ2v) is 3.71. The van der Waals surface area contributed by atoms with Crippen molar-refractivity contribution in [2.45, 2.75) is 12.8 Å². The van der Waals surface area contributed by atoms with Gasteiger partial charge in [0.05, 0.1) is 12.1 Å². The van der Waals surface area contributed by atoms with Gasteiger partial charge in [-0.1, -0.05) is 5.16 Å². The summed E-state index contributed by atoms with van der Waals surface area (Å²) in [4.78, 5) is 10.4. The van der Waals surface area contributed by atoms with E-state index in [0.717, 1.165) is 12.1 Å². The molecule has 0 spiro atoms. The highest BCUT2D eigenvalue weighted by atomic mass is 19.2. The van der Waals surface area contributed by atoms with Gasteiger partial charge in [-0.15, -0.1) is 0 Å². The van der Waals surface area contributed by atoms with Crippen LogP contribution >= 0.6 is 0 Å². The molecule has 0 saturated heterocycles. The lowest BCUT2D eigenvalue weighted by atomic mass is 10.1. The number of carboxylic acid groups (broad SMARTS) is 1. The SMILES string of the molecule is O=C(O)CCc1cc(-c2ccc(F)c(F)c2)on1. The Morgan fingerprint density at radius 2 is 2.06 bits per heavy atom. The molecular formula is C12H9F2NO3. The van der Waals surface area contributed by atoms with E-state index < -0.39 is 17.6 Å². The lowest BCUT2D eigenvalue weighted by molar-refractivity contribution is -0.136. The number of benzene rings is 1. The van der Waals surface area contributed by atoms with Crippen LogP contribution in [0.2, 0.25) is 0 Å². The molecule has 0 unspecified atom stereocenters. The Morgan fingerprint density at radius 3 is 2.72 bits per heavy atom. The van der Waals surface area contributed by atoms with E-state index >= 15 is 0 Å². The van der Waals surface area contributed by atoms with E-state index in [0.29, 0.717) is 11.3 Å². The molecule has 0 bridgehead atoms. The summed E-state index contributed by atoms with van der Waals surface area (Å²) < 4.78 is 30.7. The molecule has 0 aliphatic heterocycles. The second-order valence-electron chi connectivity index (χ2n) is 3.71. The van der Waals surface area contributed by atoms with Crippen LogP contribution < -0.4 is 0 Å². The lowest BCUT2D eigenvalue weighted by Gasteiger charge is -1.96. The number of hydrogen-bond donors (Lipinski definition) is 1. The van der Waals surface area contributed by atoms with Crippen molar-refractivity contribution in [2.75, 3.05) is 0 Å². The van der Waals surface area contributed by atoms with E-state index in [1.165, 1.54) is 12.1 Å². The molecular weight excluding hydrogens is 244 g/mol. The number of aryl methyl sites for hydroxylation is 1. The van der Waals surface area contributed by atoms with Crippen molar-refractivity contribution in [3.63, 3.8) is 0 Å². The van der Waals surface area contributed by atoms with Crippen LogP contribution in [-0.2, 0) is 11.2 Å². The molecule has 18 heavy (non-hydrogen) atoms. The molecule has 1 aromatic heterocycles. The van der Waals surface area contributed by atoms with Crippen molar-refractivity contribution in [1.29, 1.82) is 0 Å². The largest absolute Gasteiger partial charge is 0.481 e. The molecule has 0 saturated carbocycles. The van der Waals surface area contributed by atoms with Crippen LogP contribution in [0.25, 0.3) is 11.3 Å². The summed E-state index contributed by atoms with van der Waals surface area (Å²) >= 11 is 0. The molecule has 4 nitrogen and oxygen atoms in total. The average Bonchev–Trinajstić information content (AvgIpc) is 2.79. The van der Waals surface area contributed by atoms with E-state index in [2.05, 4.69) is 5.16 Å². The fourth-order valence-corrected chi connectivity index (χ4v) is 1.45. The van der Waals surface area contributed by atoms with Gasteiger partial charge in [-0.25, -0.2) is 8.78 Å². The minimum absolute atomic E-state index is 0.0657. The Morgan fingerprint density at radius 1 is 1.28 bits per heavy atom. The third kappa shape index (κ3) is 2.71. The Labute approximate surface area is 101 Å². The summed E-state index contributed by atoms with van der Waals surface area (Å²) in [6.45, 7) is 0. The first-order valence-electron chi connectivity index (χ1n) is 5.19. The van der Waals surface area contributed by atoms with E-state index in [1.54, 1.807) is 0 Å². The summed E-state index contributed by atoms with van der Waals surface area (Å²) in [6.07, 6.45) is 0.159. The minimum atomic E-state index is -0.976. The van der Waals surface area contributed by atoms with E-state index in [-0.39, 0.29) is 18.6 Å². The van der Waals surface area contributed by atoms with Crippen molar-refractivity contribution in [3.8, 4) is 11.3 Å². The average molecular weight is 253 g/mol. The van der Waals surface area contributed by atoms with Crippen molar-refractivity contribution in [1.82, 2.24) is 5.16 Å². The lowest BCUT2D eigenvalue weighted by Crippen LogP contribution is -1.97. The van der Waals surface area contributed by atoms with Crippen molar-refractivity contribution < 1.29 is 23.2 Å². The molecule has 1 heterocycles. The first kappa shape index (κ1) is 12.2. The number of aromatic nitrogens is 1. The van der Waals surface area contributed by atoms with Crippen LogP contribution in [-0.4, -0.2) is 16.2 Å². The molecule has 2 rings (SSSR count). The number of rotatable bonds is 4. The topological polar surface area (TPSA) is 63.3 Å². The standard InChI is InChI=1S/C12H9F2NO3/c13-9-3-1-7(5-10(9)14)11-6-8(15-18-11)2-4-12(16)17/h1,3,5-6H,2,4H2,(H,16,17). The zero-order chi connectivity index (χ0) is 13.1. The summed E-state index contributed by atoms with van der Waals surface area (Å²) in [6, 6.07) is 4.86. The number of nitrogens with zero attached hydrogens (tertiary/aromatic N) is 1. The van der Waals surface area contributed by atoms with Gasteiger partial charge >= 0.3 is 5.97 Å². The highest BCUT2D eigenvalue weighted by Crippen LogP contribution is 2.22. The zero-order valence-electron chi connectivity index (χ0n) is 9.19. The summed E-state index contributed by atoms with van der Waals surface area (Å²) in [7, 11) is 0. The fraction of sp³-hybridized carbons (Fsp3) is 0.167. The molecule has 0 atom stereocenters. The van der Waals surface area contributed by atoms with Crippen LogP contribution in [0.15, 0.2) is 28.8 Å². The van der Waals surface area contributed by atoms with Gasteiger partial charge in [-0.3, -0.25) is 4.79 Å². The minimum Gasteiger partial charge on any atom is -0.481 e. The van der Waals surface area contributed by atoms with Crippen molar-refractivity contribution in [3.05, 3.63) is 41.6 Å². The Bertz CT molecular complexity index is 580. The van der Waals surface area contributed by atoms with Gasteiger partial charge < -0.3 is 9.63 Å². The summed E-state index contributed by atoms with van der Waals surface area (Å²) in [5.74, 6) is -2.58. The maximum Gasteiger partial charge on any atom is 0.303 e. The molecule has 1 N–H and O–H groups in total. The van der Waals surface area contributed by atoms with Crippen molar-refractivity contribution >= 4 is 5.97 Å². The maximum absolute atomic E-state index is 13.0. The van der Waals surface area contributed by atoms with Crippen LogP contribution in [0.3, 0.4) is 0 Å². The van der Waals surface area contributed by atoms with Crippen LogP contribution in [0.1, 0.15) is 12.1 Å². The number of hydrogen-bond acceptors (Lipinski definition) is 3. The van der Waals surface area contributed by atoms with E-state index in [1.807, 2.05) is 0 Å². The number of aliphatic carboxylic acids is 1. The van der Waals surface area contributed by atoms with E-state index in [4.69, 9.17) is 9.63 Å².